The molecule has 2 fully saturated rings. The van der Waals surface area contributed by atoms with Gasteiger partial charge in [0.15, 0.2) is 0 Å². The lowest BCUT2D eigenvalue weighted by Crippen LogP contribution is -2.43. The van der Waals surface area contributed by atoms with Crippen LogP contribution in [0.25, 0.3) is 0 Å². The van der Waals surface area contributed by atoms with Gasteiger partial charge < -0.3 is 4.90 Å². The number of carbonyl (C=O) groups is 1. The van der Waals surface area contributed by atoms with E-state index in [1.54, 1.807) is 11.3 Å². The van der Waals surface area contributed by atoms with Crippen molar-refractivity contribution in [2.75, 3.05) is 6.54 Å². The number of hydrogen-bond donors (Lipinski definition) is 1. The summed E-state index contributed by atoms with van der Waals surface area (Å²) in [5, 5.41) is 5.67. The number of carbonyl (C=O) groups excluding carboxylic acids is 1. The van der Waals surface area contributed by atoms with Crippen molar-refractivity contribution < 1.29 is 4.79 Å². The van der Waals surface area contributed by atoms with E-state index in [-0.39, 0.29) is 12.1 Å². The Hall–Kier alpha value is -0.870. The second kappa shape index (κ2) is 4.85. The van der Waals surface area contributed by atoms with Crippen molar-refractivity contribution >= 4 is 17.2 Å². The average Bonchev–Trinajstić information content (AvgIpc) is 2.93. The molecule has 4 heteroatoms. The van der Waals surface area contributed by atoms with Gasteiger partial charge in [-0.3, -0.25) is 10.1 Å². The minimum Gasteiger partial charge on any atom is -0.320 e. The Labute approximate surface area is 125 Å². The molecule has 0 aromatic carbocycles. The molecule has 3 nitrogen and oxygen atoms in total. The molecule has 2 unspecified atom stereocenters. The molecule has 1 aromatic rings. The summed E-state index contributed by atoms with van der Waals surface area (Å²) in [6, 6.07) is 4.20. The Morgan fingerprint density at radius 3 is 2.65 bits per heavy atom. The number of thiophene rings is 1. The first-order valence-corrected chi connectivity index (χ1v) is 8.54. The Kier molecular flexibility index (Phi) is 3.41. The van der Waals surface area contributed by atoms with Crippen LogP contribution in [0.5, 0.6) is 0 Å². The van der Waals surface area contributed by atoms with Crippen LogP contribution in [0.3, 0.4) is 0 Å². The first-order valence-electron chi connectivity index (χ1n) is 7.66. The minimum absolute atomic E-state index is 0.0662. The molecule has 2 atom stereocenters. The van der Waals surface area contributed by atoms with E-state index in [0.29, 0.717) is 5.41 Å². The van der Waals surface area contributed by atoms with Gasteiger partial charge in [-0.15, -0.1) is 11.3 Å². The molecule has 1 aromatic heterocycles. The van der Waals surface area contributed by atoms with Gasteiger partial charge in [0.05, 0.1) is 5.54 Å². The largest absolute Gasteiger partial charge is 0.320 e. The van der Waals surface area contributed by atoms with Crippen LogP contribution in [0.1, 0.15) is 57.5 Å². The highest BCUT2D eigenvalue weighted by molar-refractivity contribution is 7.10. The molecule has 0 bridgehead atoms. The van der Waals surface area contributed by atoms with Crippen LogP contribution in [-0.2, 0) is 4.79 Å². The standard InChI is InChI=1S/C16H24N2OS/c1-4-15(3)14(19)18(11-16(5-2)8-9-16)13(17-15)12-7-6-10-20-12/h6-7,10,13,17H,4-5,8-9,11H2,1-3H3. The summed E-state index contributed by atoms with van der Waals surface area (Å²) in [5.41, 5.74) is -0.00960. The minimum atomic E-state index is -0.404. The summed E-state index contributed by atoms with van der Waals surface area (Å²) >= 11 is 1.73. The molecular weight excluding hydrogens is 268 g/mol. The highest BCUT2D eigenvalue weighted by atomic mass is 32.1. The first-order chi connectivity index (χ1) is 9.53. The van der Waals surface area contributed by atoms with Gasteiger partial charge in [-0.2, -0.15) is 0 Å². The van der Waals surface area contributed by atoms with Crippen LogP contribution in [0.15, 0.2) is 17.5 Å². The maximum absolute atomic E-state index is 12.9. The summed E-state index contributed by atoms with van der Waals surface area (Å²) in [4.78, 5) is 16.2. The fourth-order valence-corrected chi connectivity index (χ4v) is 3.91. The van der Waals surface area contributed by atoms with Gasteiger partial charge in [0.1, 0.15) is 6.17 Å². The third-order valence-electron chi connectivity index (χ3n) is 5.23. The Balaban J connectivity index is 1.88. The topological polar surface area (TPSA) is 32.3 Å². The third kappa shape index (κ3) is 2.19. The monoisotopic (exact) mass is 292 g/mol. The zero-order chi connectivity index (χ0) is 14.4. The highest BCUT2D eigenvalue weighted by Gasteiger charge is 2.52. The third-order valence-corrected chi connectivity index (χ3v) is 6.16. The summed E-state index contributed by atoms with van der Waals surface area (Å²) in [6.07, 6.45) is 4.62. The van der Waals surface area contributed by atoms with Gasteiger partial charge in [0, 0.05) is 11.4 Å². The molecular formula is C16H24N2OS. The van der Waals surface area contributed by atoms with E-state index >= 15 is 0 Å². The van der Waals surface area contributed by atoms with E-state index in [0.717, 1.165) is 13.0 Å². The molecule has 1 amide bonds. The van der Waals surface area contributed by atoms with E-state index in [1.807, 2.05) is 6.92 Å². The molecule has 1 saturated carbocycles. The predicted octanol–water partition coefficient (Wildman–Crippen LogP) is 3.54. The molecule has 1 aliphatic heterocycles. The Bertz CT molecular complexity index is 495. The quantitative estimate of drug-likeness (QED) is 0.900. The van der Waals surface area contributed by atoms with E-state index in [9.17, 15) is 4.79 Å². The van der Waals surface area contributed by atoms with Crippen molar-refractivity contribution in [2.45, 2.75) is 58.2 Å². The summed E-state index contributed by atoms with van der Waals surface area (Å²) < 4.78 is 0. The van der Waals surface area contributed by atoms with E-state index in [4.69, 9.17) is 0 Å². The molecule has 2 heterocycles. The highest BCUT2D eigenvalue weighted by Crippen LogP contribution is 2.51. The zero-order valence-electron chi connectivity index (χ0n) is 12.6. The molecule has 2 aliphatic rings. The van der Waals surface area contributed by atoms with Crippen molar-refractivity contribution in [3.8, 4) is 0 Å². The van der Waals surface area contributed by atoms with Gasteiger partial charge in [-0.1, -0.05) is 19.9 Å². The lowest BCUT2D eigenvalue weighted by atomic mass is 9.98. The fraction of sp³-hybridized carbons (Fsp3) is 0.688. The number of rotatable bonds is 5. The van der Waals surface area contributed by atoms with Crippen molar-refractivity contribution in [1.29, 1.82) is 0 Å². The fourth-order valence-electron chi connectivity index (χ4n) is 3.13. The summed E-state index contributed by atoms with van der Waals surface area (Å²) in [5.74, 6) is 0.276. The second-order valence-corrected chi connectivity index (χ2v) is 7.51. The van der Waals surface area contributed by atoms with E-state index in [2.05, 4.69) is 41.6 Å². The lowest BCUT2D eigenvalue weighted by molar-refractivity contribution is -0.133. The maximum Gasteiger partial charge on any atom is 0.244 e. The first kappa shape index (κ1) is 14.1. The Morgan fingerprint density at radius 2 is 2.15 bits per heavy atom. The molecule has 3 rings (SSSR count). The molecule has 0 spiro atoms. The molecule has 110 valence electrons. The molecule has 1 N–H and O–H groups in total. The van der Waals surface area contributed by atoms with Crippen molar-refractivity contribution in [2.24, 2.45) is 5.41 Å². The van der Waals surface area contributed by atoms with Crippen LogP contribution in [0, 0.1) is 5.41 Å². The van der Waals surface area contributed by atoms with Crippen LogP contribution >= 0.6 is 11.3 Å². The number of nitrogens with one attached hydrogen (secondary N) is 1. The SMILES string of the molecule is CCC1(CN2C(=O)C(C)(CC)NC2c2cccs2)CC1. The van der Waals surface area contributed by atoms with Gasteiger partial charge in [0.25, 0.3) is 0 Å². The van der Waals surface area contributed by atoms with Crippen LogP contribution < -0.4 is 5.32 Å². The number of hydrogen-bond acceptors (Lipinski definition) is 3. The van der Waals surface area contributed by atoms with E-state index in [1.165, 1.54) is 24.1 Å². The Morgan fingerprint density at radius 1 is 1.40 bits per heavy atom. The normalized spacial score (nSPS) is 31.9. The van der Waals surface area contributed by atoms with Crippen LogP contribution in [0.4, 0.5) is 0 Å². The van der Waals surface area contributed by atoms with Crippen LogP contribution in [0.2, 0.25) is 0 Å². The van der Waals surface area contributed by atoms with Gasteiger partial charge in [-0.05, 0) is 49.5 Å². The summed E-state index contributed by atoms with van der Waals surface area (Å²) in [7, 11) is 0. The predicted molar refractivity (Wildman–Crippen MR) is 82.6 cm³/mol. The van der Waals surface area contributed by atoms with Crippen molar-refractivity contribution in [3.05, 3.63) is 22.4 Å². The van der Waals surface area contributed by atoms with E-state index < -0.39 is 5.54 Å². The smallest absolute Gasteiger partial charge is 0.244 e. The van der Waals surface area contributed by atoms with Crippen molar-refractivity contribution in [3.63, 3.8) is 0 Å². The number of nitrogens with zero attached hydrogens (tertiary/aromatic N) is 1. The molecule has 0 radical (unpaired) electrons. The molecule has 20 heavy (non-hydrogen) atoms. The number of amides is 1. The average molecular weight is 292 g/mol. The van der Waals surface area contributed by atoms with Crippen LogP contribution in [-0.4, -0.2) is 22.9 Å². The van der Waals surface area contributed by atoms with Gasteiger partial charge >= 0.3 is 0 Å². The molecule has 1 aliphatic carbocycles. The lowest BCUT2D eigenvalue weighted by Gasteiger charge is -2.27. The van der Waals surface area contributed by atoms with Crippen molar-refractivity contribution in [1.82, 2.24) is 10.2 Å². The zero-order valence-corrected chi connectivity index (χ0v) is 13.4. The summed E-state index contributed by atoms with van der Waals surface area (Å²) in [6.45, 7) is 7.29. The van der Waals surface area contributed by atoms with Gasteiger partial charge in [0.2, 0.25) is 5.91 Å². The maximum atomic E-state index is 12.9. The second-order valence-electron chi connectivity index (χ2n) is 6.53. The molecule has 1 saturated heterocycles. The van der Waals surface area contributed by atoms with Gasteiger partial charge in [-0.25, -0.2) is 0 Å².